The second-order valence-corrected chi connectivity index (χ2v) is 4.88. The van der Waals surface area contributed by atoms with E-state index in [-0.39, 0.29) is 18.1 Å². The van der Waals surface area contributed by atoms with E-state index in [9.17, 15) is 4.79 Å². The van der Waals surface area contributed by atoms with E-state index >= 15 is 0 Å². The molecule has 3 rings (SSSR count). The van der Waals surface area contributed by atoms with Crippen molar-refractivity contribution in [3.05, 3.63) is 24.0 Å². The molecule has 0 radical (unpaired) electrons. The molecule has 2 heterocycles. The molecule has 96 valence electrons. The highest BCUT2D eigenvalue weighted by Crippen LogP contribution is 2.30. The van der Waals surface area contributed by atoms with E-state index in [1.54, 1.807) is 18.3 Å². The number of fused-ring (bicyclic) bond motifs is 1. The summed E-state index contributed by atoms with van der Waals surface area (Å²) < 4.78 is 5.70. The van der Waals surface area contributed by atoms with Crippen LogP contribution in [0, 0.1) is 0 Å². The topological polar surface area (TPSA) is 68.5 Å². The van der Waals surface area contributed by atoms with E-state index in [0.717, 1.165) is 19.3 Å². The molecule has 1 aromatic heterocycles. The lowest BCUT2D eigenvalue weighted by Crippen LogP contribution is -2.51. The number of carbonyl (C=O) groups excluding carboxylic acids is 1. The van der Waals surface area contributed by atoms with E-state index in [0.29, 0.717) is 24.5 Å². The number of nitrogens with two attached hydrogens (primary N) is 1. The zero-order valence-electron chi connectivity index (χ0n) is 10.2. The van der Waals surface area contributed by atoms with Gasteiger partial charge in [-0.1, -0.05) is 0 Å². The molecule has 18 heavy (non-hydrogen) atoms. The number of aromatic nitrogens is 1. The first-order valence-electron chi connectivity index (χ1n) is 6.40. The quantitative estimate of drug-likeness (QED) is 0.805. The van der Waals surface area contributed by atoms with Gasteiger partial charge in [-0.25, -0.2) is 0 Å². The standard InChI is InChI=1S/C13H17N3O2/c14-9-4-5-15-10(8-9)13(17)16-6-7-18-12-3-1-2-11(12)16/h4-5,8,11-12H,1-3,6-7H2,(H2,14,15). The van der Waals surface area contributed by atoms with Gasteiger partial charge in [-0.3, -0.25) is 9.78 Å². The van der Waals surface area contributed by atoms with Crippen LogP contribution >= 0.6 is 0 Å². The van der Waals surface area contributed by atoms with E-state index < -0.39 is 0 Å². The molecule has 0 bridgehead atoms. The van der Waals surface area contributed by atoms with E-state index in [1.807, 2.05) is 4.90 Å². The van der Waals surface area contributed by atoms with Crippen molar-refractivity contribution in [1.29, 1.82) is 0 Å². The van der Waals surface area contributed by atoms with Crippen molar-refractivity contribution >= 4 is 11.6 Å². The number of morpholine rings is 1. The van der Waals surface area contributed by atoms with Crippen molar-refractivity contribution in [2.45, 2.75) is 31.4 Å². The maximum atomic E-state index is 12.4. The fourth-order valence-corrected chi connectivity index (χ4v) is 2.89. The van der Waals surface area contributed by atoms with Crippen molar-refractivity contribution in [3.8, 4) is 0 Å². The first-order valence-corrected chi connectivity index (χ1v) is 6.40. The molecule has 1 saturated carbocycles. The summed E-state index contributed by atoms with van der Waals surface area (Å²) in [5.74, 6) is -0.0255. The lowest BCUT2D eigenvalue weighted by atomic mass is 10.1. The Kier molecular flexibility index (Phi) is 2.91. The van der Waals surface area contributed by atoms with Gasteiger partial charge in [0, 0.05) is 18.4 Å². The molecular formula is C13H17N3O2. The molecule has 2 fully saturated rings. The summed E-state index contributed by atoms with van der Waals surface area (Å²) in [6, 6.07) is 3.55. The first kappa shape index (κ1) is 11.5. The van der Waals surface area contributed by atoms with Crippen LogP contribution in [-0.4, -0.2) is 41.1 Å². The molecule has 1 aliphatic carbocycles. The SMILES string of the molecule is Nc1ccnc(C(=O)N2CCOC3CCCC32)c1. The molecule has 2 N–H and O–H groups in total. The van der Waals surface area contributed by atoms with Crippen molar-refractivity contribution in [2.24, 2.45) is 0 Å². The Morgan fingerprint density at radius 3 is 3.22 bits per heavy atom. The van der Waals surface area contributed by atoms with Gasteiger partial charge in [0.1, 0.15) is 5.69 Å². The highest BCUT2D eigenvalue weighted by molar-refractivity contribution is 5.93. The third-order valence-corrected chi connectivity index (χ3v) is 3.75. The highest BCUT2D eigenvalue weighted by Gasteiger charge is 2.38. The van der Waals surface area contributed by atoms with Gasteiger partial charge >= 0.3 is 0 Å². The molecule has 2 unspecified atom stereocenters. The summed E-state index contributed by atoms with van der Waals surface area (Å²) in [4.78, 5) is 18.5. The minimum absolute atomic E-state index is 0.0255. The second-order valence-electron chi connectivity index (χ2n) is 4.88. The van der Waals surface area contributed by atoms with Gasteiger partial charge in [0.15, 0.2) is 0 Å². The number of amides is 1. The maximum Gasteiger partial charge on any atom is 0.272 e. The summed E-state index contributed by atoms with van der Waals surface area (Å²) in [6.45, 7) is 1.27. The zero-order chi connectivity index (χ0) is 12.5. The third kappa shape index (κ3) is 1.95. The molecule has 1 amide bonds. The second kappa shape index (κ2) is 4.57. The highest BCUT2D eigenvalue weighted by atomic mass is 16.5. The van der Waals surface area contributed by atoms with Crippen LogP contribution in [0.2, 0.25) is 0 Å². The Labute approximate surface area is 106 Å². The van der Waals surface area contributed by atoms with Gasteiger partial charge < -0.3 is 15.4 Å². The predicted octanol–water partition coefficient (Wildman–Crippen LogP) is 1.06. The maximum absolute atomic E-state index is 12.4. The summed E-state index contributed by atoms with van der Waals surface area (Å²) in [7, 11) is 0. The van der Waals surface area contributed by atoms with E-state index in [1.165, 1.54) is 0 Å². The Morgan fingerprint density at radius 1 is 1.50 bits per heavy atom. The molecule has 1 aliphatic heterocycles. The van der Waals surface area contributed by atoms with Gasteiger partial charge in [0.25, 0.3) is 5.91 Å². The zero-order valence-corrected chi connectivity index (χ0v) is 10.2. The minimum Gasteiger partial charge on any atom is -0.399 e. The van der Waals surface area contributed by atoms with Crippen molar-refractivity contribution in [1.82, 2.24) is 9.88 Å². The lowest BCUT2D eigenvalue weighted by molar-refractivity contribution is -0.0447. The number of rotatable bonds is 1. The smallest absolute Gasteiger partial charge is 0.272 e. The van der Waals surface area contributed by atoms with Crippen LogP contribution in [0.15, 0.2) is 18.3 Å². The fourth-order valence-electron chi connectivity index (χ4n) is 2.89. The average molecular weight is 247 g/mol. The molecule has 1 aromatic rings. The van der Waals surface area contributed by atoms with Crippen LogP contribution in [0.3, 0.4) is 0 Å². The lowest BCUT2D eigenvalue weighted by Gasteiger charge is -2.37. The molecular weight excluding hydrogens is 230 g/mol. The molecule has 5 nitrogen and oxygen atoms in total. The number of hydrogen-bond acceptors (Lipinski definition) is 4. The molecule has 5 heteroatoms. The number of hydrogen-bond donors (Lipinski definition) is 1. The number of nitrogens with zero attached hydrogens (tertiary/aromatic N) is 2. The molecule has 2 atom stereocenters. The molecule has 2 aliphatic rings. The van der Waals surface area contributed by atoms with Crippen molar-refractivity contribution in [2.75, 3.05) is 18.9 Å². The summed E-state index contributed by atoms with van der Waals surface area (Å²) >= 11 is 0. The number of nitrogen functional groups attached to an aromatic ring is 1. The fraction of sp³-hybridized carbons (Fsp3) is 0.538. The average Bonchev–Trinajstić information content (AvgIpc) is 2.86. The van der Waals surface area contributed by atoms with Gasteiger partial charge in [0.05, 0.1) is 18.8 Å². The number of carbonyl (C=O) groups is 1. The number of anilines is 1. The molecule has 0 spiro atoms. The Balaban J connectivity index is 1.83. The Morgan fingerprint density at radius 2 is 2.39 bits per heavy atom. The van der Waals surface area contributed by atoms with Crippen molar-refractivity contribution < 1.29 is 9.53 Å². The van der Waals surface area contributed by atoms with Crippen LogP contribution in [0.5, 0.6) is 0 Å². The summed E-state index contributed by atoms with van der Waals surface area (Å²) in [5, 5.41) is 0. The monoisotopic (exact) mass is 247 g/mol. The van der Waals surface area contributed by atoms with Gasteiger partial charge in [0.2, 0.25) is 0 Å². The predicted molar refractivity (Wildman–Crippen MR) is 67.1 cm³/mol. The van der Waals surface area contributed by atoms with Crippen LogP contribution in [0.25, 0.3) is 0 Å². The van der Waals surface area contributed by atoms with Crippen LogP contribution in [-0.2, 0) is 4.74 Å². The summed E-state index contributed by atoms with van der Waals surface area (Å²) in [6.07, 6.45) is 5.00. The number of ether oxygens (including phenoxy) is 1. The summed E-state index contributed by atoms with van der Waals surface area (Å²) in [5.41, 5.74) is 6.70. The Hall–Kier alpha value is -1.62. The van der Waals surface area contributed by atoms with Gasteiger partial charge in [-0.15, -0.1) is 0 Å². The van der Waals surface area contributed by atoms with Crippen LogP contribution in [0.1, 0.15) is 29.8 Å². The van der Waals surface area contributed by atoms with Crippen LogP contribution < -0.4 is 5.73 Å². The first-order chi connectivity index (χ1) is 8.75. The van der Waals surface area contributed by atoms with Crippen molar-refractivity contribution in [3.63, 3.8) is 0 Å². The van der Waals surface area contributed by atoms with Gasteiger partial charge in [-0.05, 0) is 31.4 Å². The Bertz CT molecular complexity index is 463. The number of pyridine rings is 1. The van der Waals surface area contributed by atoms with Gasteiger partial charge in [-0.2, -0.15) is 0 Å². The molecule has 1 saturated heterocycles. The van der Waals surface area contributed by atoms with E-state index in [4.69, 9.17) is 10.5 Å². The normalized spacial score (nSPS) is 27.0. The van der Waals surface area contributed by atoms with E-state index in [2.05, 4.69) is 4.98 Å². The largest absolute Gasteiger partial charge is 0.399 e. The molecule has 0 aromatic carbocycles. The minimum atomic E-state index is -0.0255. The third-order valence-electron chi connectivity index (χ3n) is 3.75. The van der Waals surface area contributed by atoms with Crippen LogP contribution in [0.4, 0.5) is 5.69 Å².